The molecular formula is C16H23F2N3. The van der Waals surface area contributed by atoms with Gasteiger partial charge in [0.2, 0.25) is 5.95 Å². The van der Waals surface area contributed by atoms with Gasteiger partial charge in [0, 0.05) is 18.7 Å². The van der Waals surface area contributed by atoms with Gasteiger partial charge in [-0.05, 0) is 6.42 Å². The van der Waals surface area contributed by atoms with E-state index in [1.165, 1.54) is 38.2 Å². The number of benzene rings is 1. The van der Waals surface area contributed by atoms with E-state index >= 15 is 0 Å². The highest BCUT2D eigenvalue weighted by atomic mass is 19.2. The van der Waals surface area contributed by atoms with Gasteiger partial charge >= 0.3 is 0 Å². The van der Waals surface area contributed by atoms with Crippen LogP contribution < -0.4 is 5.73 Å². The molecule has 3 nitrogen and oxygen atoms in total. The molecule has 0 aliphatic carbocycles. The average Bonchev–Trinajstić information content (AvgIpc) is 2.74. The minimum Gasteiger partial charge on any atom is -0.369 e. The fourth-order valence-electron chi connectivity index (χ4n) is 2.60. The number of unbranched alkanes of at least 4 members (excludes halogenated alkanes) is 6. The van der Waals surface area contributed by atoms with Gasteiger partial charge in [-0.3, -0.25) is 0 Å². The largest absolute Gasteiger partial charge is 0.369 e. The normalized spacial score (nSPS) is 11.4. The van der Waals surface area contributed by atoms with Crippen molar-refractivity contribution in [1.82, 2.24) is 9.55 Å². The SMILES string of the molecule is CCCCCCCCCn1c(N)nc2cc(F)c(F)cc21. The van der Waals surface area contributed by atoms with E-state index in [2.05, 4.69) is 11.9 Å². The molecular weight excluding hydrogens is 272 g/mol. The summed E-state index contributed by atoms with van der Waals surface area (Å²) in [6.07, 6.45) is 8.39. The molecule has 0 aliphatic heterocycles. The lowest BCUT2D eigenvalue weighted by Crippen LogP contribution is -2.03. The standard InChI is InChI=1S/C16H23F2N3/c1-2-3-4-5-6-7-8-9-21-15-11-13(18)12(17)10-14(15)20-16(21)19/h10-11H,2-9H2,1H3,(H2,19,20). The second-order valence-electron chi connectivity index (χ2n) is 5.50. The van der Waals surface area contributed by atoms with Gasteiger partial charge in [-0.2, -0.15) is 0 Å². The van der Waals surface area contributed by atoms with Gasteiger partial charge < -0.3 is 10.3 Å². The van der Waals surface area contributed by atoms with E-state index in [9.17, 15) is 8.78 Å². The quantitative estimate of drug-likeness (QED) is 0.720. The third kappa shape index (κ3) is 3.93. The summed E-state index contributed by atoms with van der Waals surface area (Å²) in [5, 5.41) is 0. The second-order valence-corrected chi connectivity index (χ2v) is 5.50. The van der Waals surface area contributed by atoms with Crippen LogP contribution in [0.1, 0.15) is 51.9 Å². The Labute approximate surface area is 124 Å². The Kier molecular flexibility index (Phi) is 5.53. The summed E-state index contributed by atoms with van der Waals surface area (Å²) >= 11 is 0. The molecule has 0 fully saturated rings. The van der Waals surface area contributed by atoms with E-state index in [0.717, 1.165) is 18.9 Å². The summed E-state index contributed by atoms with van der Waals surface area (Å²) in [6, 6.07) is 2.28. The lowest BCUT2D eigenvalue weighted by atomic mass is 10.1. The van der Waals surface area contributed by atoms with Crippen LogP contribution in [0.4, 0.5) is 14.7 Å². The summed E-state index contributed by atoms with van der Waals surface area (Å²) in [5.74, 6) is -1.42. The maximum atomic E-state index is 13.3. The van der Waals surface area contributed by atoms with E-state index < -0.39 is 11.6 Å². The van der Waals surface area contributed by atoms with E-state index in [1.807, 2.05) is 0 Å². The Morgan fingerprint density at radius 3 is 2.33 bits per heavy atom. The number of nitrogen functional groups attached to an aromatic ring is 1. The van der Waals surface area contributed by atoms with Crippen LogP contribution in [0.3, 0.4) is 0 Å². The average molecular weight is 295 g/mol. The predicted octanol–water partition coefficient (Wildman–Crippen LogP) is 4.65. The Morgan fingerprint density at radius 1 is 1.00 bits per heavy atom. The zero-order valence-electron chi connectivity index (χ0n) is 12.5. The zero-order chi connectivity index (χ0) is 15.2. The van der Waals surface area contributed by atoms with Gasteiger partial charge in [0.25, 0.3) is 0 Å². The number of rotatable bonds is 8. The molecule has 116 valence electrons. The number of hydrogen-bond acceptors (Lipinski definition) is 2. The summed E-state index contributed by atoms with van der Waals surface area (Å²) in [4.78, 5) is 4.09. The van der Waals surface area contributed by atoms with Crippen molar-refractivity contribution in [3.8, 4) is 0 Å². The Balaban J connectivity index is 1.93. The van der Waals surface area contributed by atoms with Crippen LogP contribution in [0, 0.1) is 11.6 Å². The van der Waals surface area contributed by atoms with E-state index in [4.69, 9.17) is 5.73 Å². The first kappa shape index (κ1) is 15.7. The molecule has 0 saturated heterocycles. The van der Waals surface area contributed by atoms with Gasteiger partial charge in [-0.1, -0.05) is 45.4 Å². The molecule has 5 heteroatoms. The number of nitrogens with zero attached hydrogens (tertiary/aromatic N) is 2. The summed E-state index contributed by atoms with van der Waals surface area (Å²) in [6.45, 7) is 2.90. The first-order chi connectivity index (χ1) is 10.1. The van der Waals surface area contributed by atoms with E-state index in [0.29, 0.717) is 23.5 Å². The van der Waals surface area contributed by atoms with Crippen molar-refractivity contribution in [1.29, 1.82) is 0 Å². The van der Waals surface area contributed by atoms with Crippen molar-refractivity contribution in [2.75, 3.05) is 5.73 Å². The minimum absolute atomic E-state index is 0.320. The Hall–Kier alpha value is -1.65. The fraction of sp³-hybridized carbons (Fsp3) is 0.562. The number of imidazole rings is 1. The van der Waals surface area contributed by atoms with Crippen LogP contribution in [0.25, 0.3) is 11.0 Å². The lowest BCUT2D eigenvalue weighted by molar-refractivity contribution is 0.509. The summed E-state index contributed by atoms with van der Waals surface area (Å²) in [5.41, 5.74) is 6.82. The van der Waals surface area contributed by atoms with Crippen LogP contribution >= 0.6 is 0 Å². The highest BCUT2D eigenvalue weighted by molar-refractivity contribution is 5.78. The van der Waals surface area contributed by atoms with Gasteiger partial charge in [0.1, 0.15) is 0 Å². The van der Waals surface area contributed by atoms with Gasteiger partial charge in [0.15, 0.2) is 11.6 Å². The molecule has 0 bridgehead atoms. The molecule has 1 aromatic carbocycles. The van der Waals surface area contributed by atoms with Crippen LogP contribution in [0.15, 0.2) is 12.1 Å². The number of fused-ring (bicyclic) bond motifs is 1. The van der Waals surface area contributed by atoms with Crippen molar-refractivity contribution in [3.63, 3.8) is 0 Å². The topological polar surface area (TPSA) is 43.8 Å². The molecule has 2 aromatic rings. The molecule has 0 saturated carbocycles. The first-order valence-corrected chi connectivity index (χ1v) is 7.74. The van der Waals surface area contributed by atoms with Crippen molar-refractivity contribution in [3.05, 3.63) is 23.8 Å². The first-order valence-electron chi connectivity index (χ1n) is 7.74. The highest BCUT2D eigenvalue weighted by Crippen LogP contribution is 2.22. The summed E-state index contributed by atoms with van der Waals surface area (Å²) < 4.78 is 28.3. The van der Waals surface area contributed by atoms with Crippen LogP contribution in [-0.4, -0.2) is 9.55 Å². The molecule has 0 aliphatic rings. The molecule has 0 amide bonds. The predicted molar refractivity (Wildman–Crippen MR) is 82.1 cm³/mol. The lowest BCUT2D eigenvalue weighted by Gasteiger charge is -2.06. The monoisotopic (exact) mass is 295 g/mol. The molecule has 1 aromatic heterocycles. The molecule has 21 heavy (non-hydrogen) atoms. The number of anilines is 1. The van der Waals surface area contributed by atoms with Gasteiger partial charge in [0.05, 0.1) is 11.0 Å². The van der Waals surface area contributed by atoms with Crippen LogP contribution in [0.5, 0.6) is 0 Å². The smallest absolute Gasteiger partial charge is 0.201 e. The van der Waals surface area contributed by atoms with Gasteiger partial charge in [-0.15, -0.1) is 0 Å². The van der Waals surface area contributed by atoms with Crippen molar-refractivity contribution in [2.45, 2.75) is 58.4 Å². The molecule has 0 spiro atoms. The number of aryl methyl sites for hydroxylation is 1. The molecule has 2 N–H and O–H groups in total. The Morgan fingerprint density at radius 2 is 1.62 bits per heavy atom. The highest BCUT2D eigenvalue weighted by Gasteiger charge is 2.12. The molecule has 1 heterocycles. The molecule has 0 atom stereocenters. The number of halogens is 2. The Bertz CT molecular complexity index is 593. The van der Waals surface area contributed by atoms with E-state index in [1.54, 1.807) is 4.57 Å². The number of aromatic nitrogens is 2. The fourth-order valence-corrected chi connectivity index (χ4v) is 2.60. The zero-order valence-corrected chi connectivity index (χ0v) is 12.5. The van der Waals surface area contributed by atoms with Gasteiger partial charge in [-0.25, -0.2) is 13.8 Å². The third-order valence-electron chi connectivity index (χ3n) is 3.81. The maximum Gasteiger partial charge on any atom is 0.201 e. The molecule has 0 unspecified atom stereocenters. The van der Waals surface area contributed by atoms with Crippen molar-refractivity contribution >= 4 is 17.0 Å². The van der Waals surface area contributed by atoms with Crippen molar-refractivity contribution < 1.29 is 8.78 Å². The molecule has 2 rings (SSSR count). The number of nitrogens with two attached hydrogens (primary N) is 1. The maximum absolute atomic E-state index is 13.3. The minimum atomic E-state index is -0.886. The molecule has 0 radical (unpaired) electrons. The number of hydrogen-bond donors (Lipinski definition) is 1. The van der Waals surface area contributed by atoms with E-state index in [-0.39, 0.29) is 0 Å². The van der Waals surface area contributed by atoms with Crippen LogP contribution in [-0.2, 0) is 6.54 Å². The van der Waals surface area contributed by atoms with Crippen LogP contribution in [0.2, 0.25) is 0 Å². The summed E-state index contributed by atoms with van der Waals surface area (Å²) in [7, 11) is 0. The third-order valence-corrected chi connectivity index (χ3v) is 3.81. The van der Waals surface area contributed by atoms with Crippen molar-refractivity contribution in [2.24, 2.45) is 0 Å². The second kappa shape index (κ2) is 7.38.